The van der Waals surface area contributed by atoms with Gasteiger partial charge in [0.05, 0.1) is 0 Å². The van der Waals surface area contributed by atoms with Crippen LogP contribution in [0.2, 0.25) is 5.15 Å². The molecule has 0 bridgehead atoms. The fraction of sp³-hybridized carbons (Fsp3) is 0.478. The van der Waals surface area contributed by atoms with Crippen LogP contribution in [0.25, 0.3) is 0 Å². The van der Waals surface area contributed by atoms with Gasteiger partial charge in [-0.05, 0) is 35.7 Å². The standard InChI is InChI=1S/C23H33ClN6.HI/c1-3-29-12-14-30(15-13-29)18-21-6-4-19(5-7-21)17-28-23(25-2)26-11-10-20-8-9-22(24)27-16-20;/h4-9,16H,3,10-15,17-18H2,1-2H3,(H2,25,26,28);1H. The minimum atomic E-state index is 0. The van der Waals surface area contributed by atoms with Crippen molar-refractivity contribution in [1.29, 1.82) is 0 Å². The highest BCUT2D eigenvalue weighted by Gasteiger charge is 2.15. The highest BCUT2D eigenvalue weighted by atomic mass is 127. The van der Waals surface area contributed by atoms with Crippen molar-refractivity contribution >= 4 is 41.5 Å². The maximum Gasteiger partial charge on any atom is 0.191 e. The minimum Gasteiger partial charge on any atom is -0.356 e. The molecule has 0 saturated carbocycles. The Hall–Kier alpha value is -1.42. The highest BCUT2D eigenvalue weighted by Crippen LogP contribution is 2.10. The second kappa shape index (κ2) is 13.9. The van der Waals surface area contributed by atoms with Crippen LogP contribution in [0, 0.1) is 0 Å². The number of hydrogen-bond acceptors (Lipinski definition) is 4. The molecule has 1 saturated heterocycles. The first-order valence-corrected chi connectivity index (χ1v) is 11.1. The molecular weight excluding hydrogens is 523 g/mol. The number of nitrogens with zero attached hydrogens (tertiary/aromatic N) is 4. The molecule has 1 aromatic heterocycles. The SMILES string of the molecule is CCN1CCN(Cc2ccc(CNC(=NC)NCCc3ccc(Cl)nc3)cc2)CC1.I. The summed E-state index contributed by atoms with van der Waals surface area (Å²) in [5.41, 5.74) is 3.77. The topological polar surface area (TPSA) is 55.8 Å². The summed E-state index contributed by atoms with van der Waals surface area (Å²) in [5.74, 6) is 0.801. The highest BCUT2D eigenvalue weighted by molar-refractivity contribution is 14.0. The normalized spacial score (nSPS) is 15.4. The molecule has 0 spiro atoms. The maximum absolute atomic E-state index is 5.83. The van der Waals surface area contributed by atoms with E-state index < -0.39 is 0 Å². The van der Waals surface area contributed by atoms with Gasteiger partial charge in [0, 0.05) is 59.1 Å². The smallest absolute Gasteiger partial charge is 0.191 e. The van der Waals surface area contributed by atoms with Crippen molar-refractivity contribution in [2.45, 2.75) is 26.4 Å². The zero-order chi connectivity index (χ0) is 21.2. The third-order valence-corrected chi connectivity index (χ3v) is 5.74. The van der Waals surface area contributed by atoms with E-state index in [0.717, 1.165) is 57.2 Å². The molecule has 8 heteroatoms. The zero-order valence-electron chi connectivity index (χ0n) is 18.5. The van der Waals surface area contributed by atoms with Crippen LogP contribution in [0.5, 0.6) is 0 Å². The molecule has 0 aliphatic carbocycles. The van der Waals surface area contributed by atoms with Crippen LogP contribution in [0.3, 0.4) is 0 Å². The van der Waals surface area contributed by atoms with Gasteiger partial charge in [0.1, 0.15) is 5.15 Å². The van der Waals surface area contributed by atoms with E-state index in [1.54, 1.807) is 7.05 Å². The zero-order valence-corrected chi connectivity index (χ0v) is 21.6. The van der Waals surface area contributed by atoms with Gasteiger partial charge >= 0.3 is 0 Å². The van der Waals surface area contributed by atoms with Crippen LogP contribution in [0.1, 0.15) is 23.6 Å². The second-order valence-electron chi connectivity index (χ2n) is 7.62. The Morgan fingerprint density at radius 1 is 0.968 bits per heavy atom. The van der Waals surface area contributed by atoms with E-state index in [-0.39, 0.29) is 24.0 Å². The summed E-state index contributed by atoms with van der Waals surface area (Å²) in [6.07, 6.45) is 2.68. The van der Waals surface area contributed by atoms with E-state index in [9.17, 15) is 0 Å². The minimum absolute atomic E-state index is 0. The molecular formula is C23H34ClIN6. The van der Waals surface area contributed by atoms with Crippen LogP contribution in [-0.4, -0.2) is 67.1 Å². The number of benzene rings is 1. The average Bonchev–Trinajstić information content (AvgIpc) is 2.79. The van der Waals surface area contributed by atoms with E-state index >= 15 is 0 Å². The summed E-state index contributed by atoms with van der Waals surface area (Å²) in [4.78, 5) is 13.5. The summed E-state index contributed by atoms with van der Waals surface area (Å²) >= 11 is 5.83. The van der Waals surface area contributed by atoms with Crippen molar-refractivity contribution in [3.8, 4) is 0 Å². The van der Waals surface area contributed by atoms with E-state index in [4.69, 9.17) is 11.6 Å². The largest absolute Gasteiger partial charge is 0.356 e. The van der Waals surface area contributed by atoms with Crippen molar-refractivity contribution in [1.82, 2.24) is 25.4 Å². The Morgan fingerprint density at radius 3 is 2.23 bits per heavy atom. The fourth-order valence-electron chi connectivity index (χ4n) is 3.57. The van der Waals surface area contributed by atoms with Gasteiger partial charge in [-0.3, -0.25) is 9.89 Å². The fourth-order valence-corrected chi connectivity index (χ4v) is 3.68. The number of halogens is 2. The maximum atomic E-state index is 5.83. The molecule has 0 unspecified atom stereocenters. The van der Waals surface area contributed by atoms with Crippen molar-refractivity contribution in [2.75, 3.05) is 46.3 Å². The first-order chi connectivity index (χ1) is 14.7. The molecule has 2 aromatic rings. The lowest BCUT2D eigenvalue weighted by molar-refractivity contribution is 0.132. The van der Waals surface area contributed by atoms with E-state index in [0.29, 0.717) is 5.15 Å². The van der Waals surface area contributed by atoms with Crippen LogP contribution in [0.15, 0.2) is 47.6 Å². The van der Waals surface area contributed by atoms with Gasteiger partial charge in [-0.2, -0.15) is 0 Å². The van der Waals surface area contributed by atoms with Gasteiger partial charge in [-0.15, -0.1) is 24.0 Å². The van der Waals surface area contributed by atoms with E-state index in [1.165, 1.54) is 24.2 Å². The van der Waals surface area contributed by atoms with Crippen LogP contribution in [-0.2, 0) is 19.5 Å². The average molecular weight is 557 g/mol. The lowest BCUT2D eigenvalue weighted by atomic mass is 10.1. The molecule has 31 heavy (non-hydrogen) atoms. The molecule has 2 N–H and O–H groups in total. The number of aromatic nitrogens is 1. The summed E-state index contributed by atoms with van der Waals surface area (Å²) in [5, 5.41) is 7.25. The predicted octanol–water partition coefficient (Wildman–Crippen LogP) is 3.40. The molecule has 0 amide bonds. The van der Waals surface area contributed by atoms with Crippen LogP contribution < -0.4 is 10.6 Å². The number of likely N-dealkylation sites (N-methyl/N-ethyl adjacent to an activating group) is 1. The van der Waals surface area contributed by atoms with Crippen molar-refractivity contribution in [3.63, 3.8) is 0 Å². The molecule has 0 atom stereocenters. The van der Waals surface area contributed by atoms with Gasteiger partial charge in [-0.1, -0.05) is 48.9 Å². The van der Waals surface area contributed by atoms with Gasteiger partial charge in [0.15, 0.2) is 5.96 Å². The van der Waals surface area contributed by atoms with Crippen molar-refractivity contribution in [3.05, 3.63) is 64.4 Å². The molecule has 1 fully saturated rings. The Labute approximate surface area is 208 Å². The predicted molar refractivity (Wildman–Crippen MR) is 140 cm³/mol. The first kappa shape index (κ1) is 25.8. The molecule has 2 heterocycles. The number of aliphatic imine (C=N–C) groups is 1. The number of piperazine rings is 1. The van der Waals surface area contributed by atoms with Crippen LogP contribution >= 0.6 is 35.6 Å². The summed E-state index contributed by atoms with van der Waals surface area (Å²) in [6, 6.07) is 12.7. The van der Waals surface area contributed by atoms with E-state index in [1.807, 2.05) is 18.3 Å². The number of rotatable bonds is 8. The quantitative estimate of drug-likeness (QED) is 0.226. The Morgan fingerprint density at radius 2 is 1.61 bits per heavy atom. The lowest BCUT2D eigenvalue weighted by Crippen LogP contribution is -2.45. The third kappa shape index (κ3) is 8.92. The summed E-state index contributed by atoms with van der Waals surface area (Å²) in [6.45, 7) is 10.6. The van der Waals surface area contributed by atoms with Crippen molar-refractivity contribution < 1.29 is 0 Å². The van der Waals surface area contributed by atoms with Gasteiger partial charge < -0.3 is 15.5 Å². The number of guanidine groups is 1. The molecule has 1 aliphatic rings. The molecule has 6 nitrogen and oxygen atoms in total. The van der Waals surface area contributed by atoms with Gasteiger partial charge in [0.25, 0.3) is 0 Å². The third-order valence-electron chi connectivity index (χ3n) is 5.52. The summed E-state index contributed by atoms with van der Waals surface area (Å²) < 4.78 is 0. The Balaban J connectivity index is 0.00000341. The Kier molecular flexibility index (Phi) is 11.6. The van der Waals surface area contributed by atoms with Crippen LogP contribution in [0.4, 0.5) is 0 Å². The van der Waals surface area contributed by atoms with Crippen molar-refractivity contribution in [2.24, 2.45) is 4.99 Å². The van der Waals surface area contributed by atoms with E-state index in [2.05, 4.69) is 61.6 Å². The molecule has 3 rings (SSSR count). The molecule has 1 aromatic carbocycles. The second-order valence-corrected chi connectivity index (χ2v) is 8.01. The number of nitrogens with one attached hydrogen (secondary N) is 2. The first-order valence-electron chi connectivity index (χ1n) is 10.7. The molecule has 170 valence electrons. The summed E-state index contributed by atoms with van der Waals surface area (Å²) in [7, 11) is 1.79. The number of hydrogen-bond donors (Lipinski definition) is 2. The monoisotopic (exact) mass is 556 g/mol. The lowest BCUT2D eigenvalue weighted by Gasteiger charge is -2.34. The van der Waals surface area contributed by atoms with Gasteiger partial charge in [-0.25, -0.2) is 4.98 Å². The number of pyridine rings is 1. The Bertz CT molecular complexity index is 789. The molecule has 1 aliphatic heterocycles. The molecule has 0 radical (unpaired) electrons. The van der Waals surface area contributed by atoms with Gasteiger partial charge in [0.2, 0.25) is 0 Å².